The van der Waals surface area contributed by atoms with Crippen LogP contribution in [0.15, 0.2) is 0 Å². The zero-order valence-electron chi connectivity index (χ0n) is 11.4. The smallest absolute Gasteiger partial charge is 0.340 e. The Morgan fingerprint density at radius 1 is 1.50 bits per heavy atom. The van der Waals surface area contributed by atoms with Crippen molar-refractivity contribution in [2.24, 2.45) is 0 Å². The van der Waals surface area contributed by atoms with E-state index in [0.717, 1.165) is 19.6 Å². The van der Waals surface area contributed by atoms with Crippen molar-refractivity contribution in [2.45, 2.75) is 33.7 Å². The second kappa shape index (κ2) is 6.70. The third-order valence-electron chi connectivity index (χ3n) is 2.88. The van der Waals surface area contributed by atoms with Crippen LogP contribution in [-0.4, -0.2) is 46.0 Å². The quantitative estimate of drug-likeness (QED) is 0.796. The molecule has 0 aliphatic rings. The number of hydrogen-bond acceptors (Lipinski definition) is 5. The van der Waals surface area contributed by atoms with Crippen LogP contribution >= 0.6 is 11.5 Å². The number of anilines is 1. The van der Waals surface area contributed by atoms with Crippen molar-refractivity contribution in [3.8, 4) is 0 Å². The zero-order valence-corrected chi connectivity index (χ0v) is 12.2. The Morgan fingerprint density at radius 2 is 2.11 bits per heavy atom. The summed E-state index contributed by atoms with van der Waals surface area (Å²) >= 11 is 1.21. The molecule has 0 radical (unpaired) electrons. The van der Waals surface area contributed by atoms with Crippen LogP contribution in [0.2, 0.25) is 0 Å². The monoisotopic (exact) mass is 271 g/mol. The molecule has 0 amide bonds. The molecule has 0 saturated carbocycles. The molecule has 6 heteroatoms. The Balaban J connectivity index is 2.70. The summed E-state index contributed by atoms with van der Waals surface area (Å²) in [6, 6.07) is 0.197. The van der Waals surface area contributed by atoms with Gasteiger partial charge in [0.05, 0.1) is 5.69 Å². The Morgan fingerprint density at radius 3 is 2.61 bits per heavy atom. The molecule has 102 valence electrons. The van der Waals surface area contributed by atoms with Gasteiger partial charge < -0.3 is 15.3 Å². The number of carboxylic acids is 1. The van der Waals surface area contributed by atoms with Crippen LogP contribution < -0.4 is 5.32 Å². The Labute approximate surface area is 112 Å². The first-order valence-electron chi connectivity index (χ1n) is 6.18. The maximum atomic E-state index is 11.1. The molecule has 0 aliphatic heterocycles. The summed E-state index contributed by atoms with van der Waals surface area (Å²) in [4.78, 5) is 13.4. The molecule has 0 fully saturated rings. The number of nitrogens with one attached hydrogen (secondary N) is 1. The highest BCUT2D eigenvalue weighted by Gasteiger charge is 2.19. The number of aromatic carboxylic acids is 1. The first-order chi connectivity index (χ1) is 8.49. The number of rotatable bonds is 7. The maximum absolute atomic E-state index is 11.1. The lowest BCUT2D eigenvalue weighted by Crippen LogP contribution is -2.34. The number of aryl methyl sites for hydroxylation is 1. The van der Waals surface area contributed by atoms with Gasteiger partial charge in [-0.25, -0.2) is 4.79 Å². The van der Waals surface area contributed by atoms with E-state index >= 15 is 0 Å². The topological polar surface area (TPSA) is 65.5 Å². The van der Waals surface area contributed by atoms with Crippen LogP contribution in [0.3, 0.4) is 0 Å². The fourth-order valence-electron chi connectivity index (χ4n) is 1.86. The Hall–Kier alpha value is -1.14. The zero-order chi connectivity index (χ0) is 13.7. The molecule has 18 heavy (non-hydrogen) atoms. The minimum atomic E-state index is -0.918. The van der Waals surface area contributed by atoms with Gasteiger partial charge in [-0.15, -0.1) is 0 Å². The lowest BCUT2D eigenvalue weighted by atomic mass is 10.2. The molecule has 5 nitrogen and oxygen atoms in total. The minimum Gasteiger partial charge on any atom is -0.478 e. The van der Waals surface area contributed by atoms with Gasteiger partial charge in [0.15, 0.2) is 0 Å². The lowest BCUT2D eigenvalue weighted by molar-refractivity contribution is 0.0697. The van der Waals surface area contributed by atoms with Crippen LogP contribution in [-0.2, 0) is 0 Å². The molecule has 1 aromatic heterocycles. The van der Waals surface area contributed by atoms with E-state index in [9.17, 15) is 4.79 Å². The van der Waals surface area contributed by atoms with Crippen molar-refractivity contribution in [1.29, 1.82) is 0 Å². The molecule has 0 spiro atoms. The molecule has 1 rings (SSSR count). The third-order valence-corrected chi connectivity index (χ3v) is 3.75. The van der Waals surface area contributed by atoms with Crippen molar-refractivity contribution >= 4 is 22.5 Å². The summed E-state index contributed by atoms with van der Waals surface area (Å²) < 4.78 is 4.10. The summed E-state index contributed by atoms with van der Waals surface area (Å²) in [7, 11) is 0. The van der Waals surface area contributed by atoms with Gasteiger partial charge in [-0.1, -0.05) is 13.8 Å². The van der Waals surface area contributed by atoms with Gasteiger partial charge in [-0.3, -0.25) is 0 Å². The van der Waals surface area contributed by atoms with E-state index in [1.54, 1.807) is 6.92 Å². The van der Waals surface area contributed by atoms with Gasteiger partial charge in [0.25, 0.3) is 0 Å². The summed E-state index contributed by atoms with van der Waals surface area (Å²) in [5.74, 6) is -0.918. The fourth-order valence-corrected chi connectivity index (χ4v) is 2.76. The van der Waals surface area contributed by atoms with Crippen molar-refractivity contribution in [2.75, 3.05) is 25.0 Å². The standard InChI is InChI=1S/C12H21N3O2S/c1-5-15(6-2)7-8(3)13-11-10(12(16)17)9(4)14-18-11/h8,13H,5-7H2,1-4H3,(H,16,17). The van der Waals surface area contributed by atoms with Gasteiger partial charge in [-0.05, 0) is 38.5 Å². The van der Waals surface area contributed by atoms with Crippen LogP contribution in [0.4, 0.5) is 5.00 Å². The van der Waals surface area contributed by atoms with Gasteiger partial charge in [-0.2, -0.15) is 4.37 Å². The highest BCUT2D eigenvalue weighted by Crippen LogP contribution is 2.25. The molecule has 1 unspecified atom stereocenters. The number of likely N-dealkylation sites (N-methyl/N-ethyl adjacent to an activating group) is 1. The Bertz CT molecular complexity index is 402. The predicted octanol–water partition coefficient (Wildman–Crippen LogP) is 2.29. The van der Waals surface area contributed by atoms with Gasteiger partial charge in [0.1, 0.15) is 10.6 Å². The van der Waals surface area contributed by atoms with E-state index in [-0.39, 0.29) is 6.04 Å². The maximum Gasteiger partial charge on any atom is 0.340 e. The summed E-state index contributed by atoms with van der Waals surface area (Å²) in [5.41, 5.74) is 0.872. The lowest BCUT2D eigenvalue weighted by Gasteiger charge is -2.23. The summed E-state index contributed by atoms with van der Waals surface area (Å²) in [6.07, 6.45) is 0. The Kier molecular flexibility index (Phi) is 5.55. The van der Waals surface area contributed by atoms with E-state index in [4.69, 9.17) is 5.11 Å². The molecule has 1 aromatic rings. The molecule has 0 bridgehead atoms. The highest BCUT2D eigenvalue weighted by atomic mass is 32.1. The van der Waals surface area contributed by atoms with Gasteiger partial charge >= 0.3 is 5.97 Å². The molecule has 1 heterocycles. The number of hydrogen-bond donors (Lipinski definition) is 2. The van der Waals surface area contributed by atoms with Crippen LogP contribution in [0, 0.1) is 6.92 Å². The first-order valence-corrected chi connectivity index (χ1v) is 6.95. The van der Waals surface area contributed by atoms with E-state index < -0.39 is 5.97 Å². The third kappa shape index (κ3) is 3.68. The number of carbonyl (C=O) groups is 1. The normalized spacial score (nSPS) is 12.7. The van der Waals surface area contributed by atoms with Crippen molar-refractivity contribution in [3.63, 3.8) is 0 Å². The number of nitrogens with zero attached hydrogens (tertiary/aromatic N) is 2. The number of carboxylic acid groups (broad SMARTS) is 1. The molecule has 2 N–H and O–H groups in total. The average molecular weight is 271 g/mol. The SMILES string of the molecule is CCN(CC)CC(C)Nc1snc(C)c1C(=O)O. The highest BCUT2D eigenvalue weighted by molar-refractivity contribution is 7.10. The van der Waals surface area contributed by atoms with Crippen LogP contribution in [0.25, 0.3) is 0 Å². The molecular weight excluding hydrogens is 250 g/mol. The molecule has 0 saturated heterocycles. The van der Waals surface area contributed by atoms with Crippen LogP contribution in [0.1, 0.15) is 36.8 Å². The van der Waals surface area contributed by atoms with Crippen molar-refractivity contribution < 1.29 is 9.90 Å². The van der Waals surface area contributed by atoms with E-state index in [1.807, 2.05) is 0 Å². The largest absolute Gasteiger partial charge is 0.478 e. The summed E-state index contributed by atoms with van der Waals surface area (Å²) in [6.45, 7) is 10.9. The predicted molar refractivity (Wildman–Crippen MR) is 74.7 cm³/mol. The molecular formula is C12H21N3O2S. The second-order valence-electron chi connectivity index (χ2n) is 4.31. The minimum absolute atomic E-state index is 0.197. The van der Waals surface area contributed by atoms with Gasteiger partial charge in [0.2, 0.25) is 0 Å². The van der Waals surface area contributed by atoms with E-state index in [2.05, 4.69) is 35.4 Å². The second-order valence-corrected chi connectivity index (χ2v) is 5.08. The molecule has 0 aromatic carbocycles. The fraction of sp³-hybridized carbons (Fsp3) is 0.667. The van der Waals surface area contributed by atoms with E-state index in [0.29, 0.717) is 16.3 Å². The van der Waals surface area contributed by atoms with Crippen molar-refractivity contribution in [3.05, 3.63) is 11.3 Å². The van der Waals surface area contributed by atoms with Crippen molar-refractivity contribution in [1.82, 2.24) is 9.27 Å². The molecule has 0 aliphatic carbocycles. The van der Waals surface area contributed by atoms with E-state index in [1.165, 1.54) is 11.5 Å². The van der Waals surface area contributed by atoms with Gasteiger partial charge in [0, 0.05) is 12.6 Å². The summed E-state index contributed by atoms with van der Waals surface area (Å²) in [5, 5.41) is 13.0. The average Bonchev–Trinajstić information content (AvgIpc) is 2.67. The first kappa shape index (κ1) is 14.9. The number of aromatic nitrogens is 1. The molecule has 1 atom stereocenters. The van der Waals surface area contributed by atoms with Crippen LogP contribution in [0.5, 0.6) is 0 Å².